The summed E-state index contributed by atoms with van der Waals surface area (Å²) in [6, 6.07) is 0. The Labute approximate surface area is 169 Å². The summed E-state index contributed by atoms with van der Waals surface area (Å²) < 4.78 is 7.07. The van der Waals surface area contributed by atoms with Gasteiger partial charge in [-0.3, -0.25) is 14.4 Å². The summed E-state index contributed by atoms with van der Waals surface area (Å²) in [6.07, 6.45) is 5.85. The van der Waals surface area contributed by atoms with Crippen LogP contribution in [-0.4, -0.2) is 46.8 Å². The molecular weight excluding hydrogens is 376 g/mol. The van der Waals surface area contributed by atoms with E-state index in [1.807, 2.05) is 36.8 Å². The van der Waals surface area contributed by atoms with Crippen LogP contribution in [0.15, 0.2) is 6.20 Å². The fourth-order valence-electron chi connectivity index (χ4n) is 3.53. The average molecular weight is 405 g/mol. The number of aryl methyl sites for hydroxylation is 2. The lowest BCUT2D eigenvalue weighted by atomic mass is 9.95. The van der Waals surface area contributed by atoms with Gasteiger partial charge < -0.3 is 10.1 Å². The van der Waals surface area contributed by atoms with Crippen molar-refractivity contribution in [3.8, 4) is 0 Å². The zero-order valence-electron chi connectivity index (χ0n) is 17.0. The Morgan fingerprint density at radius 1 is 1.36 bits per heavy atom. The zero-order chi connectivity index (χ0) is 20.3. The lowest BCUT2D eigenvalue weighted by Gasteiger charge is -2.16. The monoisotopic (exact) mass is 404 g/mol. The highest BCUT2D eigenvalue weighted by atomic mass is 32.1. The third-order valence-electron chi connectivity index (χ3n) is 5.09. The molecule has 0 aliphatic heterocycles. The molecule has 1 N–H and O–H groups in total. The molecule has 1 amide bonds. The molecule has 3 rings (SSSR count). The zero-order valence-corrected chi connectivity index (χ0v) is 17.8. The van der Waals surface area contributed by atoms with E-state index in [0.29, 0.717) is 23.7 Å². The molecule has 2 aromatic rings. The maximum absolute atomic E-state index is 12.6. The first kappa shape index (κ1) is 20.5. The Hall–Kier alpha value is -2.19. The first-order valence-corrected chi connectivity index (χ1v) is 10.5. The van der Waals surface area contributed by atoms with Crippen molar-refractivity contribution in [3.05, 3.63) is 33.5 Å². The molecule has 0 radical (unpaired) electrons. The molecule has 152 valence electrons. The van der Waals surface area contributed by atoms with Crippen LogP contribution in [0.4, 0.5) is 5.00 Å². The molecule has 0 fully saturated rings. The minimum absolute atomic E-state index is 0.131. The van der Waals surface area contributed by atoms with Crippen molar-refractivity contribution in [1.82, 2.24) is 14.7 Å². The number of rotatable bonds is 7. The van der Waals surface area contributed by atoms with E-state index in [1.54, 1.807) is 6.92 Å². The van der Waals surface area contributed by atoms with Crippen LogP contribution in [-0.2, 0) is 36.0 Å². The summed E-state index contributed by atoms with van der Waals surface area (Å²) in [7, 11) is 3.80. The van der Waals surface area contributed by atoms with E-state index < -0.39 is 0 Å². The van der Waals surface area contributed by atoms with Gasteiger partial charge in [-0.15, -0.1) is 11.3 Å². The van der Waals surface area contributed by atoms with Crippen LogP contribution in [0.5, 0.6) is 0 Å². The highest BCUT2D eigenvalue weighted by Gasteiger charge is 2.27. The number of nitrogens with one attached hydrogen (secondary N) is 1. The molecule has 0 saturated heterocycles. The molecule has 1 aliphatic carbocycles. The Balaban J connectivity index is 1.70. The molecule has 2 heterocycles. The van der Waals surface area contributed by atoms with Gasteiger partial charge >= 0.3 is 5.97 Å². The van der Waals surface area contributed by atoms with E-state index in [0.717, 1.165) is 42.5 Å². The minimum atomic E-state index is -0.337. The summed E-state index contributed by atoms with van der Waals surface area (Å²) in [5.74, 6) is -0.468. The first-order valence-electron chi connectivity index (χ1n) is 9.68. The molecule has 0 spiro atoms. The second kappa shape index (κ2) is 8.87. The predicted octanol–water partition coefficient (Wildman–Crippen LogP) is 2.92. The minimum Gasteiger partial charge on any atom is -0.462 e. The number of hydrogen-bond donors (Lipinski definition) is 1. The van der Waals surface area contributed by atoms with Gasteiger partial charge in [-0.2, -0.15) is 5.10 Å². The topological polar surface area (TPSA) is 76.5 Å². The summed E-state index contributed by atoms with van der Waals surface area (Å²) in [5.41, 5.74) is 3.80. The molecule has 2 aromatic heterocycles. The van der Waals surface area contributed by atoms with Crippen molar-refractivity contribution in [1.29, 1.82) is 0 Å². The molecule has 0 aromatic carbocycles. The number of thiophene rings is 1. The van der Waals surface area contributed by atoms with E-state index >= 15 is 0 Å². The number of carbonyl (C=O) groups is 2. The number of nitrogens with zero attached hydrogens (tertiary/aromatic N) is 3. The molecule has 1 aliphatic rings. The lowest BCUT2D eigenvalue weighted by Crippen LogP contribution is -2.30. The number of likely N-dealkylation sites (N-methyl/N-ethyl adjacent to an activating group) is 1. The quantitative estimate of drug-likeness (QED) is 0.718. The van der Waals surface area contributed by atoms with Gasteiger partial charge in [0.05, 0.1) is 24.9 Å². The van der Waals surface area contributed by atoms with Gasteiger partial charge in [0, 0.05) is 29.7 Å². The van der Waals surface area contributed by atoms with Crippen LogP contribution >= 0.6 is 11.3 Å². The average Bonchev–Trinajstić information content (AvgIpc) is 3.16. The molecule has 7 nitrogen and oxygen atoms in total. The van der Waals surface area contributed by atoms with E-state index in [1.165, 1.54) is 16.2 Å². The van der Waals surface area contributed by atoms with E-state index in [-0.39, 0.29) is 18.4 Å². The van der Waals surface area contributed by atoms with Crippen molar-refractivity contribution in [2.75, 3.05) is 25.5 Å². The van der Waals surface area contributed by atoms with Crippen molar-refractivity contribution < 1.29 is 14.3 Å². The SMILES string of the molecule is CCOC(=O)c1c(NC(=O)CN(C)Cc2cnn(C)c2C)sc2c1CCCC2. The fourth-order valence-corrected chi connectivity index (χ4v) is 4.82. The lowest BCUT2D eigenvalue weighted by molar-refractivity contribution is -0.117. The molecule has 0 atom stereocenters. The van der Waals surface area contributed by atoms with Gasteiger partial charge in [0.2, 0.25) is 5.91 Å². The van der Waals surface area contributed by atoms with Gasteiger partial charge in [-0.25, -0.2) is 4.79 Å². The van der Waals surface area contributed by atoms with Gasteiger partial charge in [-0.1, -0.05) is 0 Å². The van der Waals surface area contributed by atoms with Crippen LogP contribution in [0.1, 0.15) is 51.8 Å². The third-order valence-corrected chi connectivity index (χ3v) is 6.30. The van der Waals surface area contributed by atoms with Crippen LogP contribution in [0, 0.1) is 6.92 Å². The van der Waals surface area contributed by atoms with Crippen LogP contribution in [0.3, 0.4) is 0 Å². The molecule has 0 saturated carbocycles. The summed E-state index contributed by atoms with van der Waals surface area (Å²) in [6.45, 7) is 5.00. The van der Waals surface area contributed by atoms with Crippen molar-refractivity contribution >= 4 is 28.2 Å². The largest absolute Gasteiger partial charge is 0.462 e. The standard InChI is InChI=1S/C20H28N4O3S/c1-5-27-20(26)18-15-8-6-7-9-16(15)28-19(18)22-17(25)12-23(3)11-14-10-21-24(4)13(14)2/h10H,5-9,11-12H2,1-4H3,(H,22,25). The number of hydrogen-bond acceptors (Lipinski definition) is 6. The second-order valence-electron chi connectivity index (χ2n) is 7.23. The maximum Gasteiger partial charge on any atom is 0.341 e. The van der Waals surface area contributed by atoms with Crippen LogP contribution in [0.2, 0.25) is 0 Å². The first-order chi connectivity index (χ1) is 13.4. The summed E-state index contributed by atoms with van der Waals surface area (Å²) in [4.78, 5) is 28.3. The number of fused-ring (bicyclic) bond motifs is 1. The highest BCUT2D eigenvalue weighted by Crippen LogP contribution is 2.38. The number of amides is 1. The molecule has 28 heavy (non-hydrogen) atoms. The number of carbonyl (C=O) groups excluding carboxylic acids is 2. The van der Waals surface area contributed by atoms with Gasteiger partial charge in [0.25, 0.3) is 0 Å². The Morgan fingerprint density at radius 2 is 2.11 bits per heavy atom. The molecular formula is C20H28N4O3S. The Bertz CT molecular complexity index is 871. The number of ether oxygens (including phenoxy) is 1. The van der Waals surface area contributed by atoms with E-state index in [9.17, 15) is 9.59 Å². The van der Waals surface area contributed by atoms with Crippen LogP contribution < -0.4 is 5.32 Å². The van der Waals surface area contributed by atoms with Crippen LogP contribution in [0.25, 0.3) is 0 Å². The van der Waals surface area contributed by atoms with Crippen molar-refractivity contribution in [2.24, 2.45) is 7.05 Å². The summed E-state index contributed by atoms with van der Waals surface area (Å²) in [5, 5.41) is 7.83. The number of esters is 1. The molecule has 0 bridgehead atoms. The van der Waals surface area contributed by atoms with Crippen molar-refractivity contribution in [2.45, 2.75) is 46.1 Å². The molecule has 0 unspecified atom stereocenters. The predicted molar refractivity (Wildman–Crippen MR) is 110 cm³/mol. The van der Waals surface area contributed by atoms with Gasteiger partial charge in [0.15, 0.2) is 0 Å². The Morgan fingerprint density at radius 3 is 2.79 bits per heavy atom. The maximum atomic E-state index is 12.6. The summed E-state index contributed by atoms with van der Waals surface area (Å²) >= 11 is 1.52. The Kier molecular flexibility index (Phi) is 6.51. The third kappa shape index (κ3) is 4.44. The van der Waals surface area contributed by atoms with Gasteiger partial charge in [0.1, 0.15) is 5.00 Å². The van der Waals surface area contributed by atoms with E-state index in [4.69, 9.17) is 4.74 Å². The second-order valence-corrected chi connectivity index (χ2v) is 8.34. The highest BCUT2D eigenvalue weighted by molar-refractivity contribution is 7.17. The normalized spacial score (nSPS) is 13.5. The van der Waals surface area contributed by atoms with Crippen molar-refractivity contribution in [3.63, 3.8) is 0 Å². The van der Waals surface area contributed by atoms with E-state index in [2.05, 4.69) is 10.4 Å². The number of aromatic nitrogens is 2. The number of anilines is 1. The fraction of sp³-hybridized carbons (Fsp3) is 0.550. The smallest absolute Gasteiger partial charge is 0.341 e. The molecule has 8 heteroatoms. The van der Waals surface area contributed by atoms with Gasteiger partial charge in [-0.05, 0) is 52.1 Å².